The van der Waals surface area contributed by atoms with Crippen LogP contribution in [0.2, 0.25) is 0 Å². The average molecular weight is 520 g/mol. The Hall–Kier alpha value is -4.09. The van der Waals surface area contributed by atoms with Crippen LogP contribution in [0.25, 0.3) is 20.8 Å². The van der Waals surface area contributed by atoms with E-state index in [1.54, 1.807) is 24.3 Å². The Morgan fingerprint density at radius 3 is 2.64 bits per heavy atom. The molecular formula is C25H21N5O4S2. The van der Waals surface area contributed by atoms with Gasteiger partial charge in [-0.15, -0.1) is 11.3 Å². The third-order valence-electron chi connectivity index (χ3n) is 5.89. The molecule has 0 aliphatic carbocycles. The zero-order valence-corrected chi connectivity index (χ0v) is 20.6. The van der Waals surface area contributed by atoms with E-state index in [2.05, 4.69) is 15.6 Å². The highest BCUT2D eigenvalue weighted by molar-refractivity contribution is 7.80. The van der Waals surface area contributed by atoms with Gasteiger partial charge in [-0.25, -0.2) is 4.98 Å². The van der Waals surface area contributed by atoms with Crippen LogP contribution in [0.5, 0.6) is 5.75 Å². The first-order valence-corrected chi connectivity index (χ1v) is 12.5. The van der Waals surface area contributed by atoms with Crippen LogP contribution in [-0.4, -0.2) is 39.1 Å². The van der Waals surface area contributed by atoms with E-state index < -0.39 is 10.8 Å². The maximum Gasteiger partial charge on any atom is 0.293 e. The van der Waals surface area contributed by atoms with Crippen molar-refractivity contribution in [1.29, 1.82) is 0 Å². The smallest absolute Gasteiger partial charge is 0.293 e. The molecule has 0 atom stereocenters. The molecule has 5 rings (SSSR count). The molecule has 1 saturated heterocycles. The van der Waals surface area contributed by atoms with Crippen LogP contribution in [0.3, 0.4) is 0 Å². The van der Waals surface area contributed by atoms with Gasteiger partial charge < -0.3 is 15.3 Å². The number of carbonyl (C=O) groups is 1. The standard InChI is InChI=1S/C25H21N5O4S2/c31-21-10-8-16(14-17(21)24-27-18-5-1-2-6-22(18)36-24)26-25(35)28-23(32)15-7-9-19(20(13-15)30(33)34)29-11-3-4-12-29/h1-2,5-10,13-14,31H,3-4,11-12H2,(H2,26,28,32,35). The third-order valence-corrected chi connectivity index (χ3v) is 7.16. The molecule has 36 heavy (non-hydrogen) atoms. The van der Waals surface area contributed by atoms with E-state index in [0.717, 1.165) is 36.1 Å². The Labute approximate surface area is 215 Å². The second-order valence-electron chi connectivity index (χ2n) is 8.28. The van der Waals surface area contributed by atoms with Gasteiger partial charge in [0, 0.05) is 30.4 Å². The molecule has 1 aromatic heterocycles. The SMILES string of the molecule is O=C(NC(=S)Nc1ccc(O)c(-c2nc3ccccc3s2)c1)c1ccc(N2CCCC2)c([N+](=O)[O-])c1. The first-order chi connectivity index (χ1) is 17.4. The van der Waals surface area contributed by atoms with Crippen LogP contribution in [0, 0.1) is 10.1 Å². The van der Waals surface area contributed by atoms with Crippen molar-refractivity contribution in [2.24, 2.45) is 0 Å². The number of nitrogens with zero attached hydrogens (tertiary/aromatic N) is 3. The van der Waals surface area contributed by atoms with Crippen molar-refractivity contribution in [3.05, 3.63) is 76.3 Å². The van der Waals surface area contributed by atoms with Gasteiger partial charge in [-0.05, 0) is 67.5 Å². The fourth-order valence-electron chi connectivity index (χ4n) is 4.15. The van der Waals surface area contributed by atoms with Gasteiger partial charge in [0.1, 0.15) is 16.4 Å². The number of anilines is 2. The number of hydrogen-bond donors (Lipinski definition) is 3. The molecule has 1 amide bonds. The van der Waals surface area contributed by atoms with Gasteiger partial charge in [-0.3, -0.25) is 20.2 Å². The number of nitro benzene ring substituents is 1. The number of nitro groups is 1. The molecule has 2 heterocycles. The number of rotatable bonds is 5. The summed E-state index contributed by atoms with van der Waals surface area (Å²) in [5.41, 5.74) is 2.45. The molecule has 1 aliphatic rings. The minimum absolute atomic E-state index is 0.0206. The summed E-state index contributed by atoms with van der Waals surface area (Å²) in [5, 5.41) is 28.2. The number of aromatic nitrogens is 1. The van der Waals surface area contributed by atoms with E-state index in [-0.39, 0.29) is 22.1 Å². The van der Waals surface area contributed by atoms with Crippen molar-refractivity contribution in [2.75, 3.05) is 23.3 Å². The number of thiocarbonyl (C=S) groups is 1. The number of carbonyl (C=O) groups excluding carboxylic acids is 1. The Morgan fingerprint density at radius 1 is 1.11 bits per heavy atom. The average Bonchev–Trinajstić information content (AvgIpc) is 3.55. The van der Waals surface area contributed by atoms with Crippen LogP contribution in [-0.2, 0) is 0 Å². The summed E-state index contributed by atoms with van der Waals surface area (Å²) in [6.45, 7) is 1.51. The first kappa shape index (κ1) is 23.6. The lowest BCUT2D eigenvalue weighted by Gasteiger charge is -2.18. The van der Waals surface area contributed by atoms with Gasteiger partial charge in [0.15, 0.2) is 5.11 Å². The number of benzene rings is 3. The number of nitrogens with one attached hydrogen (secondary N) is 2. The molecule has 1 aliphatic heterocycles. The second kappa shape index (κ2) is 9.88. The monoisotopic (exact) mass is 519 g/mol. The number of hydrogen-bond acceptors (Lipinski definition) is 8. The van der Waals surface area contributed by atoms with Gasteiger partial charge in [-0.1, -0.05) is 12.1 Å². The molecule has 0 bridgehead atoms. The number of phenolic OH excluding ortho intramolecular Hbond substituents is 1. The van der Waals surface area contributed by atoms with Crippen molar-refractivity contribution < 1.29 is 14.8 Å². The predicted octanol–water partition coefficient (Wildman–Crippen LogP) is 5.30. The van der Waals surface area contributed by atoms with Crippen LogP contribution < -0.4 is 15.5 Å². The van der Waals surface area contributed by atoms with Crippen molar-refractivity contribution >= 4 is 61.9 Å². The van der Waals surface area contributed by atoms with Gasteiger partial charge in [0.25, 0.3) is 11.6 Å². The molecule has 3 aromatic carbocycles. The molecule has 0 spiro atoms. The van der Waals surface area contributed by atoms with E-state index >= 15 is 0 Å². The highest BCUT2D eigenvalue weighted by Gasteiger charge is 2.24. The highest BCUT2D eigenvalue weighted by atomic mass is 32.1. The molecule has 1 fully saturated rings. The van der Waals surface area contributed by atoms with Gasteiger partial charge in [0.2, 0.25) is 0 Å². The molecule has 0 radical (unpaired) electrons. The summed E-state index contributed by atoms with van der Waals surface area (Å²) in [6.07, 6.45) is 1.97. The fourth-order valence-corrected chi connectivity index (χ4v) is 5.35. The zero-order valence-electron chi connectivity index (χ0n) is 18.9. The lowest BCUT2D eigenvalue weighted by molar-refractivity contribution is -0.384. The molecular weight excluding hydrogens is 498 g/mol. The highest BCUT2D eigenvalue weighted by Crippen LogP contribution is 2.37. The largest absolute Gasteiger partial charge is 0.507 e. The Kier molecular flexibility index (Phi) is 6.49. The summed E-state index contributed by atoms with van der Waals surface area (Å²) >= 11 is 6.75. The minimum atomic E-state index is -0.561. The summed E-state index contributed by atoms with van der Waals surface area (Å²) in [6, 6.07) is 17.0. The molecule has 9 nitrogen and oxygen atoms in total. The summed E-state index contributed by atoms with van der Waals surface area (Å²) in [4.78, 5) is 30.5. The molecule has 11 heteroatoms. The Morgan fingerprint density at radius 2 is 1.89 bits per heavy atom. The second-order valence-corrected chi connectivity index (χ2v) is 9.72. The third kappa shape index (κ3) is 4.83. The van der Waals surface area contributed by atoms with Gasteiger partial charge >= 0.3 is 0 Å². The lowest BCUT2D eigenvalue weighted by Crippen LogP contribution is -2.34. The maximum absolute atomic E-state index is 12.8. The number of aromatic hydroxyl groups is 1. The zero-order chi connectivity index (χ0) is 25.2. The number of fused-ring (bicyclic) bond motifs is 1. The molecule has 182 valence electrons. The lowest BCUT2D eigenvalue weighted by atomic mass is 10.1. The number of para-hydroxylation sites is 1. The van der Waals surface area contributed by atoms with Crippen LogP contribution in [0.4, 0.5) is 17.1 Å². The van der Waals surface area contributed by atoms with E-state index in [0.29, 0.717) is 21.9 Å². The molecule has 3 N–H and O–H groups in total. The van der Waals surface area contributed by atoms with Crippen LogP contribution >= 0.6 is 23.6 Å². The molecule has 0 saturated carbocycles. The number of amides is 1. The molecule has 4 aromatic rings. The number of thiazole rings is 1. The van der Waals surface area contributed by atoms with Crippen LogP contribution in [0.15, 0.2) is 60.7 Å². The van der Waals surface area contributed by atoms with Crippen LogP contribution in [0.1, 0.15) is 23.2 Å². The summed E-state index contributed by atoms with van der Waals surface area (Å²) < 4.78 is 0.998. The van der Waals surface area contributed by atoms with E-state index in [1.807, 2.05) is 29.2 Å². The predicted molar refractivity (Wildman–Crippen MR) is 145 cm³/mol. The fraction of sp³-hybridized carbons (Fsp3) is 0.160. The quantitative estimate of drug-likeness (QED) is 0.141. The minimum Gasteiger partial charge on any atom is -0.507 e. The van der Waals surface area contributed by atoms with Crippen molar-refractivity contribution in [3.63, 3.8) is 0 Å². The van der Waals surface area contributed by atoms with E-state index in [4.69, 9.17) is 12.2 Å². The Bertz CT molecular complexity index is 1460. The van der Waals surface area contributed by atoms with Gasteiger partial charge in [0.05, 0.1) is 20.7 Å². The first-order valence-electron chi connectivity index (χ1n) is 11.2. The normalized spacial score (nSPS) is 13.1. The maximum atomic E-state index is 12.8. The van der Waals surface area contributed by atoms with E-state index in [9.17, 15) is 20.0 Å². The topological polar surface area (TPSA) is 121 Å². The van der Waals surface area contributed by atoms with Crippen molar-refractivity contribution in [1.82, 2.24) is 10.3 Å². The Balaban J connectivity index is 1.31. The molecule has 0 unspecified atom stereocenters. The van der Waals surface area contributed by atoms with Crippen molar-refractivity contribution in [2.45, 2.75) is 12.8 Å². The summed E-state index contributed by atoms with van der Waals surface area (Å²) in [7, 11) is 0. The van der Waals surface area contributed by atoms with Gasteiger partial charge in [-0.2, -0.15) is 0 Å². The number of phenols is 1. The summed E-state index contributed by atoms with van der Waals surface area (Å²) in [5.74, 6) is -0.492. The van der Waals surface area contributed by atoms with E-state index in [1.165, 1.54) is 23.5 Å². The van der Waals surface area contributed by atoms with Crippen molar-refractivity contribution in [3.8, 4) is 16.3 Å².